The van der Waals surface area contributed by atoms with Crippen molar-refractivity contribution in [2.24, 2.45) is 0 Å². The molecule has 1 saturated heterocycles. The van der Waals surface area contributed by atoms with Crippen LogP contribution in [0.4, 0.5) is 0 Å². The fraction of sp³-hybridized carbons (Fsp3) is 0.500. The average molecular weight is 318 g/mol. The Morgan fingerprint density at radius 3 is 3.00 bits per heavy atom. The summed E-state index contributed by atoms with van der Waals surface area (Å²) in [5, 5.41) is 3.73. The van der Waals surface area contributed by atoms with Crippen molar-refractivity contribution in [1.82, 2.24) is 5.32 Å². The minimum absolute atomic E-state index is 0.116. The summed E-state index contributed by atoms with van der Waals surface area (Å²) in [4.78, 5) is 11.9. The first-order chi connectivity index (χ1) is 9.56. The van der Waals surface area contributed by atoms with Crippen LogP contribution in [0.5, 0.6) is 5.75 Å². The van der Waals surface area contributed by atoms with E-state index in [0.29, 0.717) is 22.3 Å². The molecular weight excluding hydrogens is 301 g/mol. The second-order valence-electron chi connectivity index (χ2n) is 4.72. The summed E-state index contributed by atoms with van der Waals surface area (Å²) in [5.74, 6) is 0.252. The van der Waals surface area contributed by atoms with E-state index in [9.17, 15) is 4.79 Å². The molecule has 1 amide bonds. The van der Waals surface area contributed by atoms with Gasteiger partial charge < -0.3 is 14.8 Å². The highest BCUT2D eigenvalue weighted by Crippen LogP contribution is 2.28. The maximum absolute atomic E-state index is 11.9. The normalized spacial score (nSPS) is 19.6. The van der Waals surface area contributed by atoms with Crippen molar-refractivity contribution in [3.63, 3.8) is 0 Å². The molecule has 0 saturated carbocycles. The lowest BCUT2D eigenvalue weighted by Gasteiger charge is -2.17. The number of hydrogen-bond donors (Lipinski definition) is 1. The molecule has 2 rings (SSSR count). The minimum Gasteiger partial charge on any atom is -0.479 e. The molecule has 0 bridgehead atoms. The Balaban J connectivity index is 1.83. The van der Waals surface area contributed by atoms with Crippen LogP contribution in [0.15, 0.2) is 18.2 Å². The SMILES string of the molecule is C[C@H](Oc1ccc(Cl)cc1Cl)C(=O)NC[C@@H]1CCCO1. The fourth-order valence-electron chi connectivity index (χ4n) is 1.98. The van der Waals surface area contributed by atoms with Crippen LogP contribution in [0.3, 0.4) is 0 Å². The highest BCUT2D eigenvalue weighted by Gasteiger charge is 2.20. The zero-order chi connectivity index (χ0) is 14.5. The van der Waals surface area contributed by atoms with Gasteiger partial charge in [0.25, 0.3) is 5.91 Å². The molecule has 1 aromatic rings. The number of hydrogen-bond acceptors (Lipinski definition) is 3. The van der Waals surface area contributed by atoms with E-state index in [1.54, 1.807) is 25.1 Å². The first-order valence-electron chi connectivity index (χ1n) is 6.57. The third-order valence-electron chi connectivity index (χ3n) is 3.09. The highest BCUT2D eigenvalue weighted by atomic mass is 35.5. The summed E-state index contributed by atoms with van der Waals surface area (Å²) in [7, 11) is 0. The van der Waals surface area contributed by atoms with Crippen LogP contribution < -0.4 is 10.1 Å². The third-order valence-corrected chi connectivity index (χ3v) is 3.63. The van der Waals surface area contributed by atoms with Crippen molar-refractivity contribution in [2.45, 2.75) is 32.0 Å². The molecule has 1 N–H and O–H groups in total. The van der Waals surface area contributed by atoms with E-state index in [1.165, 1.54) is 0 Å². The lowest BCUT2D eigenvalue weighted by Crippen LogP contribution is -2.40. The van der Waals surface area contributed by atoms with Gasteiger partial charge in [-0.15, -0.1) is 0 Å². The van der Waals surface area contributed by atoms with Gasteiger partial charge in [-0.2, -0.15) is 0 Å². The second kappa shape index (κ2) is 7.16. The summed E-state index contributed by atoms with van der Waals surface area (Å²) in [6.07, 6.45) is 1.52. The van der Waals surface area contributed by atoms with Crippen LogP contribution in [0.25, 0.3) is 0 Å². The predicted octanol–water partition coefficient (Wildman–Crippen LogP) is 3.06. The highest BCUT2D eigenvalue weighted by molar-refractivity contribution is 6.35. The number of rotatable bonds is 5. The summed E-state index contributed by atoms with van der Waals surface area (Å²) in [6, 6.07) is 4.89. The molecule has 110 valence electrons. The van der Waals surface area contributed by atoms with Gasteiger partial charge in [0.2, 0.25) is 0 Å². The van der Waals surface area contributed by atoms with Gasteiger partial charge in [-0.05, 0) is 38.0 Å². The van der Waals surface area contributed by atoms with Gasteiger partial charge in [0, 0.05) is 18.2 Å². The quantitative estimate of drug-likeness (QED) is 0.908. The first-order valence-corrected chi connectivity index (χ1v) is 7.33. The van der Waals surface area contributed by atoms with Gasteiger partial charge in [-0.1, -0.05) is 23.2 Å². The van der Waals surface area contributed by atoms with Crippen LogP contribution in [-0.4, -0.2) is 31.3 Å². The summed E-state index contributed by atoms with van der Waals surface area (Å²) < 4.78 is 11.0. The molecule has 1 heterocycles. The van der Waals surface area contributed by atoms with Crippen LogP contribution in [0.1, 0.15) is 19.8 Å². The fourth-order valence-corrected chi connectivity index (χ4v) is 2.43. The number of benzene rings is 1. The van der Waals surface area contributed by atoms with E-state index >= 15 is 0 Å². The number of ether oxygens (including phenoxy) is 2. The molecule has 6 heteroatoms. The molecular formula is C14H17Cl2NO3. The Kier molecular flexibility index (Phi) is 5.52. The first kappa shape index (κ1) is 15.4. The number of nitrogens with one attached hydrogen (secondary N) is 1. The van der Waals surface area contributed by atoms with E-state index in [1.807, 2.05) is 0 Å². The molecule has 1 fully saturated rings. The number of halogens is 2. The molecule has 0 aliphatic carbocycles. The Morgan fingerprint density at radius 2 is 2.35 bits per heavy atom. The molecule has 0 aromatic heterocycles. The van der Waals surface area contributed by atoms with Crippen molar-refractivity contribution in [1.29, 1.82) is 0 Å². The van der Waals surface area contributed by atoms with Crippen molar-refractivity contribution < 1.29 is 14.3 Å². The standard InChI is InChI=1S/C14H17Cl2NO3/c1-9(14(18)17-8-11-3-2-6-19-11)20-13-5-4-10(15)7-12(13)16/h4-5,7,9,11H,2-3,6,8H2,1H3,(H,17,18)/t9-,11-/m0/s1. The maximum atomic E-state index is 11.9. The molecule has 4 nitrogen and oxygen atoms in total. The van der Waals surface area contributed by atoms with Crippen LogP contribution in [0, 0.1) is 0 Å². The van der Waals surface area contributed by atoms with Gasteiger partial charge in [0.05, 0.1) is 11.1 Å². The zero-order valence-electron chi connectivity index (χ0n) is 11.2. The van der Waals surface area contributed by atoms with E-state index in [4.69, 9.17) is 32.7 Å². The molecule has 0 spiro atoms. The van der Waals surface area contributed by atoms with Crippen molar-refractivity contribution in [3.8, 4) is 5.75 Å². The molecule has 0 unspecified atom stereocenters. The smallest absolute Gasteiger partial charge is 0.260 e. The van der Waals surface area contributed by atoms with E-state index < -0.39 is 6.10 Å². The lowest BCUT2D eigenvalue weighted by atomic mass is 10.2. The number of amides is 1. The second-order valence-corrected chi connectivity index (χ2v) is 5.56. The van der Waals surface area contributed by atoms with Gasteiger partial charge >= 0.3 is 0 Å². The Hall–Kier alpha value is -0.970. The lowest BCUT2D eigenvalue weighted by molar-refractivity contribution is -0.127. The molecule has 1 aliphatic rings. The van der Waals surface area contributed by atoms with Crippen LogP contribution >= 0.6 is 23.2 Å². The Labute approximate surface area is 128 Å². The van der Waals surface area contributed by atoms with Crippen LogP contribution in [-0.2, 0) is 9.53 Å². The minimum atomic E-state index is -0.630. The molecule has 0 radical (unpaired) electrons. The van der Waals surface area contributed by atoms with E-state index in [2.05, 4.69) is 5.32 Å². The van der Waals surface area contributed by atoms with Gasteiger partial charge in [0.15, 0.2) is 6.10 Å². The summed E-state index contributed by atoms with van der Waals surface area (Å²) in [5.41, 5.74) is 0. The van der Waals surface area contributed by atoms with E-state index in [-0.39, 0.29) is 12.0 Å². The molecule has 20 heavy (non-hydrogen) atoms. The topological polar surface area (TPSA) is 47.6 Å². The van der Waals surface area contributed by atoms with Gasteiger partial charge in [-0.25, -0.2) is 0 Å². The Morgan fingerprint density at radius 1 is 1.55 bits per heavy atom. The zero-order valence-corrected chi connectivity index (χ0v) is 12.7. The summed E-state index contributed by atoms with van der Waals surface area (Å²) >= 11 is 11.8. The largest absolute Gasteiger partial charge is 0.479 e. The summed E-state index contributed by atoms with van der Waals surface area (Å²) in [6.45, 7) is 2.96. The molecule has 2 atom stereocenters. The monoisotopic (exact) mass is 317 g/mol. The van der Waals surface area contributed by atoms with Crippen molar-refractivity contribution in [2.75, 3.05) is 13.2 Å². The molecule has 1 aliphatic heterocycles. The number of carbonyl (C=O) groups excluding carboxylic acids is 1. The maximum Gasteiger partial charge on any atom is 0.260 e. The molecule has 1 aromatic carbocycles. The number of carbonyl (C=O) groups is 1. The van der Waals surface area contributed by atoms with Crippen LogP contribution in [0.2, 0.25) is 10.0 Å². The third kappa shape index (κ3) is 4.27. The van der Waals surface area contributed by atoms with E-state index in [0.717, 1.165) is 19.4 Å². The Bertz CT molecular complexity index is 475. The van der Waals surface area contributed by atoms with Crippen molar-refractivity contribution >= 4 is 29.1 Å². The van der Waals surface area contributed by atoms with Gasteiger partial charge in [0.1, 0.15) is 5.75 Å². The van der Waals surface area contributed by atoms with Crippen molar-refractivity contribution in [3.05, 3.63) is 28.2 Å². The average Bonchev–Trinajstić information content (AvgIpc) is 2.92. The van der Waals surface area contributed by atoms with Gasteiger partial charge in [-0.3, -0.25) is 4.79 Å². The predicted molar refractivity (Wildman–Crippen MR) is 78.5 cm³/mol.